The zero-order chi connectivity index (χ0) is 30.1. The SMILES string of the molecule is CCCN(C=O)C[C@]12CC[C@@](CO[C@H](C)c3cc(C(F)(F)F)cc(C(F)(F)F)c3)(c3ccccc3)N(CC(=O)N1)C2. The number of carbonyl (C=O) groups is 2. The summed E-state index contributed by atoms with van der Waals surface area (Å²) >= 11 is 0. The van der Waals surface area contributed by atoms with Crippen LogP contribution in [0.15, 0.2) is 48.5 Å². The zero-order valence-electron chi connectivity index (χ0n) is 22.8. The van der Waals surface area contributed by atoms with Crippen molar-refractivity contribution in [1.29, 1.82) is 0 Å². The summed E-state index contributed by atoms with van der Waals surface area (Å²) in [6, 6.07) is 10.7. The molecule has 0 spiro atoms. The minimum absolute atomic E-state index is 0.0189. The lowest BCUT2D eigenvalue weighted by Gasteiger charge is -2.57. The Balaban J connectivity index is 1.66. The van der Waals surface area contributed by atoms with Crippen molar-refractivity contribution >= 4 is 12.3 Å². The van der Waals surface area contributed by atoms with E-state index in [1.807, 2.05) is 42.2 Å². The third kappa shape index (κ3) is 6.69. The van der Waals surface area contributed by atoms with Crippen LogP contribution in [0.1, 0.15) is 61.5 Å². The molecule has 0 aliphatic carbocycles. The fourth-order valence-corrected chi connectivity index (χ4v) is 5.93. The van der Waals surface area contributed by atoms with E-state index in [1.54, 1.807) is 4.90 Å². The van der Waals surface area contributed by atoms with E-state index >= 15 is 0 Å². The van der Waals surface area contributed by atoms with E-state index in [9.17, 15) is 35.9 Å². The summed E-state index contributed by atoms with van der Waals surface area (Å²) in [5.74, 6) is -0.237. The average Bonchev–Trinajstić information content (AvgIpc) is 2.91. The van der Waals surface area contributed by atoms with Crippen LogP contribution in [-0.4, -0.2) is 60.4 Å². The van der Waals surface area contributed by atoms with E-state index in [0.717, 1.165) is 18.4 Å². The molecule has 6 nitrogen and oxygen atoms in total. The topological polar surface area (TPSA) is 61.9 Å². The Morgan fingerprint density at radius 2 is 1.68 bits per heavy atom. The van der Waals surface area contributed by atoms with Crippen molar-refractivity contribution < 1.29 is 40.7 Å². The van der Waals surface area contributed by atoms with Crippen LogP contribution in [0, 0.1) is 0 Å². The van der Waals surface area contributed by atoms with Crippen LogP contribution >= 0.6 is 0 Å². The van der Waals surface area contributed by atoms with Gasteiger partial charge in [0.1, 0.15) is 0 Å². The summed E-state index contributed by atoms with van der Waals surface area (Å²) in [5.41, 5.74) is -3.82. The van der Waals surface area contributed by atoms with Gasteiger partial charge in [-0.1, -0.05) is 37.3 Å². The molecule has 2 fully saturated rings. The van der Waals surface area contributed by atoms with Crippen molar-refractivity contribution in [3.63, 3.8) is 0 Å². The molecular formula is C29H33F6N3O3. The normalized spacial score (nSPS) is 25.4. The molecule has 2 aromatic carbocycles. The number of rotatable bonds is 10. The predicted molar refractivity (Wildman–Crippen MR) is 139 cm³/mol. The number of fused-ring (bicyclic) bond motifs is 2. The van der Waals surface area contributed by atoms with Gasteiger partial charge in [-0.15, -0.1) is 0 Å². The molecule has 2 heterocycles. The minimum atomic E-state index is -4.97. The average molecular weight is 586 g/mol. The number of amides is 2. The lowest BCUT2D eigenvalue weighted by atomic mass is 9.73. The highest BCUT2D eigenvalue weighted by atomic mass is 19.4. The summed E-state index contributed by atoms with van der Waals surface area (Å²) in [6.45, 7) is 4.54. The molecule has 2 aliphatic rings. The Labute approximate surface area is 234 Å². The maximum absolute atomic E-state index is 13.5. The number of nitrogens with one attached hydrogen (secondary N) is 1. The summed E-state index contributed by atoms with van der Waals surface area (Å²) in [6.07, 6.45) is -8.59. The first kappa shape index (κ1) is 30.8. The van der Waals surface area contributed by atoms with Crippen molar-refractivity contribution in [3.05, 3.63) is 70.8 Å². The van der Waals surface area contributed by atoms with E-state index in [4.69, 9.17) is 4.74 Å². The van der Waals surface area contributed by atoms with Gasteiger partial charge in [0.25, 0.3) is 0 Å². The maximum atomic E-state index is 13.5. The number of hydrogen-bond acceptors (Lipinski definition) is 4. The Hall–Kier alpha value is -3.12. The van der Waals surface area contributed by atoms with Gasteiger partial charge in [0.2, 0.25) is 12.3 Å². The van der Waals surface area contributed by atoms with Crippen LogP contribution in [-0.2, 0) is 32.2 Å². The molecule has 2 saturated heterocycles. The fourth-order valence-electron chi connectivity index (χ4n) is 5.93. The molecule has 41 heavy (non-hydrogen) atoms. The number of alkyl halides is 6. The first-order valence-electron chi connectivity index (χ1n) is 13.4. The molecule has 1 unspecified atom stereocenters. The minimum Gasteiger partial charge on any atom is -0.372 e. The number of benzene rings is 2. The van der Waals surface area contributed by atoms with Gasteiger partial charge in [0, 0.05) is 19.6 Å². The van der Waals surface area contributed by atoms with Crippen molar-refractivity contribution in [3.8, 4) is 0 Å². The molecular weight excluding hydrogens is 552 g/mol. The standard InChI is InChI=1S/C29H33F6N3O3/c1-3-11-37(19-39)16-26-9-10-27(22-7-5-4-6-8-22,38(17-26)15-25(40)36-26)18-41-20(2)21-12-23(28(30,31)32)14-24(13-21)29(33,34)35/h4-8,12-14,19-20H,3,9-11,15-18H2,1-2H3,(H,36,40)/t20-,26+,27-/m1/s1. The van der Waals surface area contributed by atoms with Crippen LogP contribution in [0.25, 0.3) is 0 Å². The molecule has 0 saturated carbocycles. The summed E-state index contributed by atoms with van der Waals surface area (Å²) in [4.78, 5) is 28.2. The first-order valence-corrected chi connectivity index (χ1v) is 13.4. The Morgan fingerprint density at radius 3 is 2.24 bits per heavy atom. The molecule has 0 aromatic heterocycles. The molecule has 2 aromatic rings. The molecule has 1 N–H and O–H groups in total. The highest BCUT2D eigenvalue weighted by Crippen LogP contribution is 2.44. The third-order valence-electron chi connectivity index (χ3n) is 7.98. The molecule has 4 atom stereocenters. The molecule has 224 valence electrons. The summed E-state index contributed by atoms with van der Waals surface area (Å²) in [5, 5.41) is 3.07. The highest BCUT2D eigenvalue weighted by Gasteiger charge is 2.53. The van der Waals surface area contributed by atoms with E-state index in [2.05, 4.69) is 5.32 Å². The van der Waals surface area contributed by atoms with Crippen LogP contribution in [0.2, 0.25) is 0 Å². The highest BCUT2D eigenvalue weighted by molar-refractivity contribution is 5.80. The van der Waals surface area contributed by atoms with Crippen LogP contribution in [0.4, 0.5) is 26.3 Å². The number of carbonyl (C=O) groups excluding carboxylic acids is 2. The molecule has 2 amide bonds. The van der Waals surface area contributed by atoms with Gasteiger partial charge >= 0.3 is 12.4 Å². The van der Waals surface area contributed by atoms with Crippen LogP contribution in [0.5, 0.6) is 0 Å². The molecule has 2 aliphatic heterocycles. The lowest BCUT2D eigenvalue weighted by Crippen LogP contribution is -2.74. The molecule has 12 heteroatoms. The van der Waals surface area contributed by atoms with Gasteiger partial charge in [-0.25, -0.2) is 0 Å². The fraction of sp³-hybridized carbons (Fsp3) is 0.517. The predicted octanol–water partition coefficient (Wildman–Crippen LogP) is 5.53. The Kier molecular flexibility index (Phi) is 8.75. The van der Waals surface area contributed by atoms with Gasteiger partial charge in [-0.3, -0.25) is 14.5 Å². The summed E-state index contributed by atoms with van der Waals surface area (Å²) in [7, 11) is 0. The van der Waals surface area contributed by atoms with Crippen LogP contribution < -0.4 is 5.32 Å². The van der Waals surface area contributed by atoms with Crippen molar-refractivity contribution in [2.45, 2.75) is 62.6 Å². The Morgan fingerprint density at radius 1 is 1.05 bits per heavy atom. The molecule has 0 radical (unpaired) electrons. The quantitative estimate of drug-likeness (QED) is 0.294. The number of piperidine rings is 1. The van der Waals surface area contributed by atoms with Crippen molar-refractivity contribution in [2.24, 2.45) is 0 Å². The second kappa shape index (κ2) is 11.6. The monoisotopic (exact) mass is 585 g/mol. The van der Waals surface area contributed by atoms with Gasteiger partial charge in [0.05, 0.1) is 41.5 Å². The van der Waals surface area contributed by atoms with Gasteiger partial charge < -0.3 is 15.0 Å². The number of nitrogens with zero attached hydrogens (tertiary/aromatic N) is 2. The van der Waals surface area contributed by atoms with Gasteiger partial charge in [-0.2, -0.15) is 26.3 Å². The van der Waals surface area contributed by atoms with Crippen LogP contribution in [0.3, 0.4) is 0 Å². The molecule has 4 rings (SSSR count). The molecule has 2 bridgehead atoms. The van der Waals surface area contributed by atoms with E-state index < -0.39 is 40.7 Å². The smallest absolute Gasteiger partial charge is 0.372 e. The zero-order valence-corrected chi connectivity index (χ0v) is 22.8. The first-order chi connectivity index (χ1) is 19.2. The van der Waals surface area contributed by atoms with Crippen molar-refractivity contribution in [2.75, 3.05) is 32.8 Å². The van der Waals surface area contributed by atoms with Gasteiger partial charge in [0.15, 0.2) is 0 Å². The van der Waals surface area contributed by atoms with Gasteiger partial charge in [-0.05, 0) is 55.5 Å². The lowest BCUT2D eigenvalue weighted by molar-refractivity contribution is -0.146. The number of hydrogen-bond donors (Lipinski definition) is 1. The van der Waals surface area contributed by atoms with E-state index in [-0.39, 0.29) is 30.7 Å². The second-order valence-electron chi connectivity index (χ2n) is 11.0. The van der Waals surface area contributed by atoms with Crippen molar-refractivity contribution in [1.82, 2.24) is 15.1 Å². The number of piperazine rings is 1. The third-order valence-corrected chi connectivity index (χ3v) is 7.98. The maximum Gasteiger partial charge on any atom is 0.416 e. The Bertz CT molecular complexity index is 1210. The van der Waals surface area contributed by atoms with E-state index in [0.29, 0.717) is 44.6 Å². The van der Waals surface area contributed by atoms with E-state index in [1.165, 1.54) is 6.92 Å². The number of ether oxygens (including phenoxy) is 1. The largest absolute Gasteiger partial charge is 0.416 e. The second-order valence-corrected chi connectivity index (χ2v) is 11.0. The summed E-state index contributed by atoms with van der Waals surface area (Å²) < 4.78 is 86.8. The number of halogens is 6.